The van der Waals surface area contributed by atoms with Gasteiger partial charge in [0.15, 0.2) is 0 Å². The molecular formula is C12H14O2S. The summed E-state index contributed by atoms with van der Waals surface area (Å²) in [5.74, 6) is 0.664. The van der Waals surface area contributed by atoms with E-state index in [2.05, 4.69) is 12.1 Å². The quantitative estimate of drug-likeness (QED) is 0.836. The first-order valence-electron chi connectivity index (χ1n) is 5.18. The van der Waals surface area contributed by atoms with Crippen LogP contribution in [-0.4, -0.2) is 16.8 Å². The van der Waals surface area contributed by atoms with E-state index in [0.29, 0.717) is 12.3 Å². The lowest BCUT2D eigenvalue weighted by Gasteiger charge is -2.10. The third-order valence-corrected chi connectivity index (χ3v) is 3.88. The van der Waals surface area contributed by atoms with Crippen LogP contribution in [0.1, 0.15) is 18.4 Å². The molecule has 1 aromatic rings. The smallest absolute Gasteiger partial charge is 0.303 e. The third kappa shape index (κ3) is 2.75. The highest BCUT2D eigenvalue weighted by atomic mass is 32.2. The Kier molecular flexibility index (Phi) is 3.31. The highest BCUT2D eigenvalue weighted by Gasteiger charge is 2.18. The van der Waals surface area contributed by atoms with E-state index in [-0.39, 0.29) is 0 Å². The number of thioether (sulfide) groups is 1. The number of hydrogen-bond acceptors (Lipinski definition) is 2. The van der Waals surface area contributed by atoms with Gasteiger partial charge in [0.05, 0.1) is 0 Å². The van der Waals surface area contributed by atoms with Gasteiger partial charge in [-0.05, 0) is 36.1 Å². The van der Waals surface area contributed by atoms with Crippen molar-refractivity contribution in [2.24, 2.45) is 5.92 Å². The Labute approximate surface area is 93.7 Å². The molecule has 0 bridgehead atoms. The maximum absolute atomic E-state index is 10.7. The van der Waals surface area contributed by atoms with Gasteiger partial charge in [-0.15, -0.1) is 11.8 Å². The van der Waals surface area contributed by atoms with Crippen LogP contribution in [0.25, 0.3) is 0 Å². The van der Waals surface area contributed by atoms with Crippen molar-refractivity contribution in [2.45, 2.75) is 24.2 Å². The van der Waals surface area contributed by atoms with Gasteiger partial charge < -0.3 is 5.11 Å². The molecule has 2 nitrogen and oxygen atoms in total. The van der Waals surface area contributed by atoms with E-state index < -0.39 is 5.97 Å². The normalized spacial score (nSPS) is 20.4. The van der Waals surface area contributed by atoms with Gasteiger partial charge in [-0.25, -0.2) is 0 Å². The number of carboxylic acid groups (broad SMARTS) is 1. The van der Waals surface area contributed by atoms with Gasteiger partial charge in [0, 0.05) is 11.3 Å². The maximum atomic E-state index is 10.7. The molecule has 3 heteroatoms. The molecule has 0 radical (unpaired) electrons. The summed E-state index contributed by atoms with van der Waals surface area (Å²) in [6, 6.07) is 8.32. The van der Waals surface area contributed by atoms with Crippen LogP contribution in [0.3, 0.4) is 0 Å². The predicted octanol–water partition coefficient (Wildman–Crippen LogP) is 2.82. The zero-order chi connectivity index (χ0) is 10.7. The fraction of sp³-hybridized carbons (Fsp3) is 0.417. The lowest BCUT2D eigenvalue weighted by atomic mass is 9.94. The summed E-state index contributed by atoms with van der Waals surface area (Å²) in [7, 11) is 0. The molecule has 0 aromatic heterocycles. The van der Waals surface area contributed by atoms with Crippen molar-refractivity contribution in [1.82, 2.24) is 0 Å². The number of hydrogen-bond donors (Lipinski definition) is 1. The number of carboxylic acids is 1. The summed E-state index contributed by atoms with van der Waals surface area (Å²) < 4.78 is 0. The molecule has 0 fully saturated rings. The fourth-order valence-corrected chi connectivity index (χ4v) is 3.17. The molecule has 0 saturated carbocycles. The topological polar surface area (TPSA) is 37.3 Å². The summed E-state index contributed by atoms with van der Waals surface area (Å²) in [5, 5.41) is 8.80. The van der Waals surface area contributed by atoms with E-state index in [4.69, 9.17) is 5.11 Å². The van der Waals surface area contributed by atoms with Gasteiger partial charge >= 0.3 is 5.97 Å². The average molecular weight is 222 g/mol. The Hall–Kier alpha value is -0.960. The minimum absolute atomic E-state index is 0.300. The monoisotopic (exact) mass is 222 g/mol. The van der Waals surface area contributed by atoms with E-state index in [9.17, 15) is 4.79 Å². The van der Waals surface area contributed by atoms with E-state index in [1.165, 1.54) is 10.5 Å². The van der Waals surface area contributed by atoms with Crippen LogP contribution in [0.15, 0.2) is 29.2 Å². The Morgan fingerprint density at radius 2 is 2.27 bits per heavy atom. The van der Waals surface area contributed by atoms with Crippen molar-refractivity contribution < 1.29 is 9.90 Å². The van der Waals surface area contributed by atoms with E-state index in [1.54, 1.807) is 0 Å². The average Bonchev–Trinajstić information content (AvgIpc) is 2.38. The molecule has 80 valence electrons. The zero-order valence-corrected chi connectivity index (χ0v) is 9.30. The lowest BCUT2D eigenvalue weighted by Crippen LogP contribution is -2.10. The molecule has 0 amide bonds. The second-order valence-electron chi connectivity index (χ2n) is 3.91. The Balaban J connectivity index is 2.13. The zero-order valence-electron chi connectivity index (χ0n) is 8.48. The highest BCUT2D eigenvalue weighted by Crippen LogP contribution is 2.32. The summed E-state index contributed by atoms with van der Waals surface area (Å²) in [4.78, 5) is 12.0. The highest BCUT2D eigenvalue weighted by molar-refractivity contribution is 7.99. The van der Waals surface area contributed by atoms with E-state index in [1.807, 2.05) is 23.9 Å². The molecule has 1 atom stereocenters. The number of carbonyl (C=O) groups is 1. The van der Waals surface area contributed by atoms with E-state index >= 15 is 0 Å². The van der Waals surface area contributed by atoms with Crippen molar-refractivity contribution in [2.75, 3.05) is 5.75 Å². The second kappa shape index (κ2) is 4.71. The Morgan fingerprint density at radius 1 is 1.47 bits per heavy atom. The number of fused-ring (bicyclic) bond motifs is 1. The molecule has 0 aliphatic carbocycles. The summed E-state index contributed by atoms with van der Waals surface area (Å²) in [6.07, 6.45) is 2.22. The molecule has 15 heavy (non-hydrogen) atoms. The van der Waals surface area contributed by atoms with Gasteiger partial charge in [-0.2, -0.15) is 0 Å². The minimum Gasteiger partial charge on any atom is -0.481 e. The maximum Gasteiger partial charge on any atom is 0.303 e. The summed E-state index contributed by atoms with van der Waals surface area (Å²) >= 11 is 1.85. The molecule has 0 spiro atoms. The molecule has 1 heterocycles. The number of benzene rings is 1. The molecule has 1 unspecified atom stereocenters. The van der Waals surface area contributed by atoms with Crippen molar-refractivity contribution in [3.05, 3.63) is 29.8 Å². The molecular weight excluding hydrogens is 208 g/mol. The fourth-order valence-electron chi connectivity index (χ4n) is 1.98. The standard InChI is InChI=1S/C12H14O2S/c13-12(14)8-9-5-6-15-11-4-2-1-3-10(11)7-9/h1-4,9H,5-8H2,(H,13,14). The first-order chi connectivity index (χ1) is 7.25. The van der Waals surface area contributed by atoms with Crippen LogP contribution in [0, 0.1) is 5.92 Å². The molecule has 1 N–H and O–H groups in total. The van der Waals surface area contributed by atoms with Crippen LogP contribution < -0.4 is 0 Å². The third-order valence-electron chi connectivity index (χ3n) is 2.73. The Bertz CT molecular complexity index is 362. The van der Waals surface area contributed by atoms with Gasteiger partial charge in [-0.1, -0.05) is 18.2 Å². The van der Waals surface area contributed by atoms with Crippen LogP contribution in [0.5, 0.6) is 0 Å². The number of rotatable bonds is 2. The van der Waals surface area contributed by atoms with Crippen LogP contribution >= 0.6 is 11.8 Å². The second-order valence-corrected chi connectivity index (χ2v) is 5.05. The van der Waals surface area contributed by atoms with Crippen LogP contribution in [0.4, 0.5) is 0 Å². The summed E-state index contributed by atoms with van der Waals surface area (Å²) in [6.45, 7) is 0. The van der Waals surface area contributed by atoms with Crippen molar-refractivity contribution in [1.29, 1.82) is 0 Å². The molecule has 1 aliphatic rings. The SMILES string of the molecule is O=C(O)CC1CCSc2ccccc2C1. The largest absolute Gasteiger partial charge is 0.481 e. The predicted molar refractivity (Wildman–Crippen MR) is 61.2 cm³/mol. The molecule has 0 saturated heterocycles. The van der Waals surface area contributed by atoms with Crippen LogP contribution in [0.2, 0.25) is 0 Å². The first kappa shape index (κ1) is 10.6. The molecule has 1 aliphatic heterocycles. The van der Waals surface area contributed by atoms with Gasteiger partial charge in [0.1, 0.15) is 0 Å². The minimum atomic E-state index is -0.676. The van der Waals surface area contributed by atoms with Crippen molar-refractivity contribution >= 4 is 17.7 Å². The van der Waals surface area contributed by atoms with Gasteiger partial charge in [-0.3, -0.25) is 4.79 Å². The number of aliphatic carboxylic acids is 1. The van der Waals surface area contributed by atoms with Crippen molar-refractivity contribution in [3.63, 3.8) is 0 Å². The van der Waals surface area contributed by atoms with Crippen LogP contribution in [-0.2, 0) is 11.2 Å². The summed E-state index contributed by atoms with van der Waals surface area (Å²) in [5.41, 5.74) is 1.31. The van der Waals surface area contributed by atoms with Crippen molar-refractivity contribution in [3.8, 4) is 0 Å². The lowest BCUT2D eigenvalue weighted by molar-refractivity contribution is -0.138. The Morgan fingerprint density at radius 3 is 3.07 bits per heavy atom. The van der Waals surface area contributed by atoms with Gasteiger partial charge in [0.2, 0.25) is 0 Å². The molecule has 2 rings (SSSR count). The van der Waals surface area contributed by atoms with E-state index in [0.717, 1.165) is 18.6 Å². The van der Waals surface area contributed by atoms with Gasteiger partial charge in [0.25, 0.3) is 0 Å². The molecule has 1 aromatic carbocycles. The first-order valence-corrected chi connectivity index (χ1v) is 6.17.